The van der Waals surface area contributed by atoms with E-state index in [1.807, 2.05) is 0 Å². The van der Waals surface area contributed by atoms with Crippen molar-refractivity contribution in [2.24, 2.45) is 0 Å². The SMILES string of the molecule is COC(=O)c1cc(C=O)cc(Cl)c1C#N. The number of carbonyl (C=O) groups excluding carboxylic acids is 2. The molecule has 0 heterocycles. The van der Waals surface area contributed by atoms with E-state index in [-0.39, 0.29) is 21.7 Å². The number of rotatable bonds is 2. The molecule has 0 fully saturated rings. The predicted molar refractivity (Wildman–Crippen MR) is 52.9 cm³/mol. The highest BCUT2D eigenvalue weighted by molar-refractivity contribution is 6.32. The van der Waals surface area contributed by atoms with Gasteiger partial charge in [0.05, 0.1) is 23.3 Å². The van der Waals surface area contributed by atoms with Crippen molar-refractivity contribution in [2.45, 2.75) is 0 Å². The van der Waals surface area contributed by atoms with Gasteiger partial charge in [0.1, 0.15) is 12.4 Å². The quantitative estimate of drug-likeness (QED) is 0.567. The third kappa shape index (κ3) is 2.14. The van der Waals surface area contributed by atoms with E-state index in [2.05, 4.69) is 4.74 Å². The molecule has 0 aromatic heterocycles. The van der Waals surface area contributed by atoms with Gasteiger partial charge in [0.25, 0.3) is 0 Å². The molecule has 0 saturated heterocycles. The summed E-state index contributed by atoms with van der Waals surface area (Å²) in [5.41, 5.74) is 0.225. The van der Waals surface area contributed by atoms with Crippen molar-refractivity contribution in [3.8, 4) is 6.07 Å². The lowest BCUT2D eigenvalue weighted by atomic mass is 10.1. The fourth-order valence-corrected chi connectivity index (χ4v) is 1.35. The number of nitrogens with zero attached hydrogens (tertiary/aromatic N) is 1. The van der Waals surface area contributed by atoms with Crippen LogP contribution in [-0.4, -0.2) is 19.4 Å². The molecule has 1 rings (SSSR count). The van der Waals surface area contributed by atoms with Gasteiger partial charge in [-0.15, -0.1) is 0 Å². The van der Waals surface area contributed by atoms with E-state index in [1.165, 1.54) is 19.2 Å². The van der Waals surface area contributed by atoms with E-state index in [4.69, 9.17) is 16.9 Å². The summed E-state index contributed by atoms with van der Waals surface area (Å²) in [5.74, 6) is -0.697. The minimum atomic E-state index is -0.697. The largest absolute Gasteiger partial charge is 0.465 e. The highest BCUT2D eigenvalue weighted by atomic mass is 35.5. The van der Waals surface area contributed by atoms with Crippen molar-refractivity contribution in [3.63, 3.8) is 0 Å². The summed E-state index contributed by atoms with van der Waals surface area (Å²) in [4.78, 5) is 21.8. The Balaban J connectivity index is 3.47. The van der Waals surface area contributed by atoms with Gasteiger partial charge in [-0.25, -0.2) is 4.79 Å². The number of halogens is 1. The van der Waals surface area contributed by atoms with Gasteiger partial charge in [-0.05, 0) is 12.1 Å². The minimum absolute atomic E-state index is 0.00500. The lowest BCUT2D eigenvalue weighted by molar-refractivity contribution is 0.0600. The van der Waals surface area contributed by atoms with Crippen LogP contribution in [0.15, 0.2) is 12.1 Å². The molecule has 4 nitrogen and oxygen atoms in total. The highest BCUT2D eigenvalue weighted by Crippen LogP contribution is 2.21. The molecule has 0 atom stereocenters. The van der Waals surface area contributed by atoms with E-state index in [0.29, 0.717) is 6.29 Å². The molecule has 5 heteroatoms. The summed E-state index contributed by atoms with van der Waals surface area (Å²) in [6, 6.07) is 4.37. The molecule has 0 aliphatic carbocycles. The summed E-state index contributed by atoms with van der Waals surface area (Å²) in [5, 5.41) is 8.83. The lowest BCUT2D eigenvalue weighted by Crippen LogP contribution is -2.05. The van der Waals surface area contributed by atoms with Gasteiger partial charge in [0.15, 0.2) is 0 Å². The third-order valence-electron chi connectivity index (χ3n) is 1.77. The van der Waals surface area contributed by atoms with Crippen LogP contribution in [-0.2, 0) is 4.74 Å². The molecule has 15 heavy (non-hydrogen) atoms. The summed E-state index contributed by atoms with van der Waals surface area (Å²) in [6.07, 6.45) is 0.541. The molecule has 1 aromatic rings. The molecule has 0 unspecified atom stereocenters. The number of benzene rings is 1. The van der Waals surface area contributed by atoms with Crippen molar-refractivity contribution < 1.29 is 14.3 Å². The second-order valence-electron chi connectivity index (χ2n) is 2.65. The Labute approximate surface area is 91.0 Å². The number of aldehydes is 1. The first-order valence-electron chi connectivity index (χ1n) is 3.91. The molecule has 0 N–H and O–H groups in total. The maximum atomic E-state index is 11.3. The Morgan fingerprint density at radius 2 is 2.27 bits per heavy atom. The predicted octanol–water partition coefficient (Wildman–Crippen LogP) is 1.81. The monoisotopic (exact) mass is 223 g/mol. The molecule has 0 bridgehead atoms. The van der Waals surface area contributed by atoms with Crippen molar-refractivity contribution in [1.82, 2.24) is 0 Å². The van der Waals surface area contributed by atoms with Gasteiger partial charge in [0, 0.05) is 5.56 Å². The maximum absolute atomic E-state index is 11.3. The van der Waals surface area contributed by atoms with Crippen molar-refractivity contribution in [1.29, 1.82) is 5.26 Å². The average Bonchev–Trinajstić information content (AvgIpc) is 2.26. The Hall–Kier alpha value is -1.86. The van der Waals surface area contributed by atoms with Crippen LogP contribution in [0.1, 0.15) is 26.3 Å². The summed E-state index contributed by atoms with van der Waals surface area (Å²) in [6.45, 7) is 0. The smallest absolute Gasteiger partial charge is 0.339 e. The van der Waals surface area contributed by atoms with Crippen LogP contribution in [0.5, 0.6) is 0 Å². The number of ether oxygens (including phenoxy) is 1. The van der Waals surface area contributed by atoms with Gasteiger partial charge in [-0.3, -0.25) is 4.79 Å². The first-order valence-corrected chi connectivity index (χ1v) is 4.29. The van der Waals surface area contributed by atoms with Gasteiger partial charge < -0.3 is 4.74 Å². The van der Waals surface area contributed by atoms with Crippen LogP contribution in [0, 0.1) is 11.3 Å². The average molecular weight is 224 g/mol. The zero-order chi connectivity index (χ0) is 11.4. The second-order valence-corrected chi connectivity index (χ2v) is 3.05. The number of hydrogen-bond donors (Lipinski definition) is 0. The molecule has 76 valence electrons. The highest BCUT2D eigenvalue weighted by Gasteiger charge is 2.16. The molecule has 0 amide bonds. The first kappa shape index (κ1) is 11.2. The second kappa shape index (κ2) is 4.58. The zero-order valence-electron chi connectivity index (χ0n) is 7.78. The number of esters is 1. The normalized spacial score (nSPS) is 9.13. The topological polar surface area (TPSA) is 67.2 Å². The Bertz CT molecular complexity index is 462. The van der Waals surface area contributed by atoms with E-state index in [1.54, 1.807) is 6.07 Å². The Morgan fingerprint density at radius 1 is 1.60 bits per heavy atom. The van der Waals surface area contributed by atoms with E-state index in [0.717, 1.165) is 0 Å². The van der Waals surface area contributed by atoms with Gasteiger partial charge in [-0.1, -0.05) is 11.6 Å². The minimum Gasteiger partial charge on any atom is -0.465 e. The lowest BCUT2D eigenvalue weighted by Gasteiger charge is -2.04. The van der Waals surface area contributed by atoms with E-state index >= 15 is 0 Å². The molecule has 1 aromatic carbocycles. The first-order chi connectivity index (χ1) is 7.13. The number of nitriles is 1. The van der Waals surface area contributed by atoms with Crippen molar-refractivity contribution in [2.75, 3.05) is 7.11 Å². The van der Waals surface area contributed by atoms with Gasteiger partial charge in [-0.2, -0.15) is 5.26 Å². The van der Waals surface area contributed by atoms with Crippen LogP contribution < -0.4 is 0 Å². The van der Waals surface area contributed by atoms with Crippen molar-refractivity contribution >= 4 is 23.9 Å². The van der Waals surface area contributed by atoms with Crippen LogP contribution in [0.3, 0.4) is 0 Å². The molecule has 0 radical (unpaired) electrons. The number of carbonyl (C=O) groups is 2. The molecule has 0 aliphatic heterocycles. The fraction of sp³-hybridized carbons (Fsp3) is 0.100. The van der Waals surface area contributed by atoms with Crippen LogP contribution in [0.25, 0.3) is 0 Å². The summed E-state index contributed by atoms with van der Waals surface area (Å²) in [7, 11) is 1.19. The standard InChI is InChI=1S/C10H6ClNO3/c1-15-10(14)7-2-6(5-13)3-9(11)8(7)4-12/h2-3,5H,1H3. The molecule has 0 spiro atoms. The number of hydrogen-bond acceptors (Lipinski definition) is 4. The van der Waals surface area contributed by atoms with Crippen LogP contribution >= 0.6 is 11.6 Å². The van der Waals surface area contributed by atoms with E-state index < -0.39 is 5.97 Å². The van der Waals surface area contributed by atoms with Crippen LogP contribution in [0.2, 0.25) is 5.02 Å². The summed E-state index contributed by atoms with van der Waals surface area (Å²) < 4.78 is 4.47. The Kier molecular flexibility index (Phi) is 3.42. The summed E-state index contributed by atoms with van der Waals surface area (Å²) >= 11 is 5.73. The Morgan fingerprint density at radius 3 is 2.73 bits per heavy atom. The zero-order valence-corrected chi connectivity index (χ0v) is 8.54. The van der Waals surface area contributed by atoms with Gasteiger partial charge in [0.2, 0.25) is 0 Å². The third-order valence-corrected chi connectivity index (χ3v) is 2.06. The molecule has 0 aliphatic rings. The number of methoxy groups -OCH3 is 1. The van der Waals surface area contributed by atoms with Gasteiger partial charge >= 0.3 is 5.97 Å². The maximum Gasteiger partial charge on any atom is 0.339 e. The molecule has 0 saturated carbocycles. The van der Waals surface area contributed by atoms with Crippen molar-refractivity contribution in [3.05, 3.63) is 33.8 Å². The molecular weight excluding hydrogens is 218 g/mol. The van der Waals surface area contributed by atoms with Crippen LogP contribution in [0.4, 0.5) is 0 Å². The molecular formula is C10H6ClNO3. The van der Waals surface area contributed by atoms with E-state index in [9.17, 15) is 9.59 Å². The fourth-order valence-electron chi connectivity index (χ4n) is 1.08.